The highest BCUT2D eigenvalue weighted by atomic mass is 16.3. The summed E-state index contributed by atoms with van der Waals surface area (Å²) < 4.78 is 5.63. The Morgan fingerprint density at radius 2 is 1.93 bits per heavy atom. The Labute approximate surface area is 87.9 Å². The van der Waals surface area contributed by atoms with Crippen molar-refractivity contribution in [2.24, 2.45) is 0 Å². The van der Waals surface area contributed by atoms with Gasteiger partial charge >= 0.3 is 0 Å². The first-order valence-electron chi connectivity index (χ1n) is 5.15. The van der Waals surface area contributed by atoms with Crippen molar-refractivity contribution in [2.45, 2.75) is 20.8 Å². The van der Waals surface area contributed by atoms with Crippen LogP contribution in [0.5, 0.6) is 0 Å². The quantitative estimate of drug-likeness (QED) is 0.585. The average Bonchev–Trinajstić information content (AvgIpc) is 2.68. The molecule has 2 nitrogen and oxygen atoms in total. The lowest BCUT2D eigenvalue weighted by atomic mass is 10.1. The summed E-state index contributed by atoms with van der Waals surface area (Å²) >= 11 is 0. The minimum atomic E-state index is 0.968. The maximum absolute atomic E-state index is 5.63. The van der Waals surface area contributed by atoms with Gasteiger partial charge in [0.15, 0.2) is 0 Å². The molecule has 0 unspecified atom stereocenters. The first-order valence-corrected chi connectivity index (χ1v) is 5.15. The fraction of sp³-hybridized carbons (Fsp3) is 0.231. The Bertz CT molecular complexity index is 658. The van der Waals surface area contributed by atoms with Crippen LogP contribution in [0.2, 0.25) is 0 Å². The molecule has 0 spiro atoms. The molecule has 1 aromatic carbocycles. The van der Waals surface area contributed by atoms with Gasteiger partial charge in [-0.3, -0.25) is 0 Å². The summed E-state index contributed by atoms with van der Waals surface area (Å²) in [6, 6.07) is 6.22. The molecule has 0 saturated carbocycles. The van der Waals surface area contributed by atoms with Gasteiger partial charge < -0.3 is 9.40 Å². The summed E-state index contributed by atoms with van der Waals surface area (Å²) in [5.74, 6) is 0.968. The van der Waals surface area contributed by atoms with Crippen LogP contribution >= 0.6 is 0 Å². The Kier molecular flexibility index (Phi) is 1.52. The van der Waals surface area contributed by atoms with Crippen molar-refractivity contribution in [3.63, 3.8) is 0 Å². The number of aromatic nitrogens is 1. The van der Waals surface area contributed by atoms with Crippen LogP contribution < -0.4 is 0 Å². The fourth-order valence-corrected chi connectivity index (χ4v) is 2.23. The number of benzene rings is 1. The van der Waals surface area contributed by atoms with Gasteiger partial charge in [0.25, 0.3) is 0 Å². The zero-order valence-corrected chi connectivity index (χ0v) is 9.14. The molecule has 3 rings (SSSR count). The molecule has 0 aliphatic rings. The number of furan rings is 1. The predicted octanol–water partition coefficient (Wildman–Crippen LogP) is 3.84. The number of aromatic amines is 1. The largest absolute Gasteiger partial charge is 0.461 e. The van der Waals surface area contributed by atoms with Crippen LogP contribution in [-0.4, -0.2) is 4.98 Å². The lowest BCUT2D eigenvalue weighted by Gasteiger charge is -1.93. The number of fused-ring (bicyclic) bond motifs is 3. The van der Waals surface area contributed by atoms with E-state index in [1.807, 2.05) is 13.0 Å². The zero-order valence-electron chi connectivity index (χ0n) is 9.14. The molecule has 0 radical (unpaired) electrons. The minimum Gasteiger partial charge on any atom is -0.461 e. The molecule has 15 heavy (non-hydrogen) atoms. The molecule has 0 atom stereocenters. The topological polar surface area (TPSA) is 28.9 Å². The van der Waals surface area contributed by atoms with Crippen molar-refractivity contribution < 1.29 is 4.42 Å². The lowest BCUT2D eigenvalue weighted by molar-refractivity contribution is 0.579. The van der Waals surface area contributed by atoms with Gasteiger partial charge in [-0.1, -0.05) is 0 Å². The highest BCUT2D eigenvalue weighted by molar-refractivity contribution is 6.07. The highest BCUT2D eigenvalue weighted by Gasteiger charge is 2.10. The van der Waals surface area contributed by atoms with Gasteiger partial charge in [0.05, 0.1) is 0 Å². The first-order chi connectivity index (χ1) is 7.16. The molecule has 0 bridgehead atoms. The average molecular weight is 199 g/mol. The summed E-state index contributed by atoms with van der Waals surface area (Å²) in [6.45, 7) is 6.24. The number of hydrogen-bond acceptors (Lipinski definition) is 1. The monoisotopic (exact) mass is 199 g/mol. The molecule has 0 saturated heterocycles. The molecule has 76 valence electrons. The molecule has 0 aliphatic carbocycles. The second-order valence-corrected chi connectivity index (χ2v) is 4.13. The second kappa shape index (κ2) is 2.66. The highest BCUT2D eigenvalue weighted by Crippen LogP contribution is 2.31. The Morgan fingerprint density at radius 1 is 1.13 bits per heavy atom. The summed E-state index contributed by atoms with van der Waals surface area (Å²) in [4.78, 5) is 3.39. The Morgan fingerprint density at radius 3 is 2.73 bits per heavy atom. The van der Waals surface area contributed by atoms with E-state index in [4.69, 9.17) is 4.42 Å². The van der Waals surface area contributed by atoms with E-state index < -0.39 is 0 Å². The fourth-order valence-electron chi connectivity index (χ4n) is 2.23. The van der Waals surface area contributed by atoms with Crippen LogP contribution in [0.4, 0.5) is 0 Å². The van der Waals surface area contributed by atoms with Crippen molar-refractivity contribution in [3.8, 4) is 0 Å². The van der Waals surface area contributed by atoms with Gasteiger partial charge in [-0.25, -0.2) is 0 Å². The molecular formula is C13H13NO. The molecule has 2 aromatic heterocycles. The number of hydrogen-bond donors (Lipinski definition) is 1. The van der Waals surface area contributed by atoms with E-state index >= 15 is 0 Å². The Hall–Kier alpha value is -1.70. The number of H-pyrrole nitrogens is 1. The van der Waals surface area contributed by atoms with Gasteiger partial charge in [-0.2, -0.15) is 0 Å². The molecule has 0 aliphatic heterocycles. The molecule has 2 heteroatoms. The SMILES string of the molecule is Cc1cc2c(ccc3[nH]c(C)c(C)c32)o1. The smallest absolute Gasteiger partial charge is 0.135 e. The van der Waals surface area contributed by atoms with E-state index in [9.17, 15) is 0 Å². The van der Waals surface area contributed by atoms with E-state index in [0.717, 1.165) is 11.3 Å². The van der Waals surface area contributed by atoms with Crippen LogP contribution in [-0.2, 0) is 0 Å². The van der Waals surface area contributed by atoms with E-state index in [1.54, 1.807) is 0 Å². The number of nitrogens with one attached hydrogen (secondary N) is 1. The standard InChI is InChI=1S/C13H13NO/c1-7-6-10-12(15-7)5-4-11-13(10)8(2)9(3)14-11/h4-6,14H,1-3H3. The van der Waals surface area contributed by atoms with Crippen LogP contribution in [0.3, 0.4) is 0 Å². The van der Waals surface area contributed by atoms with Crippen molar-refractivity contribution >= 4 is 21.9 Å². The third-order valence-corrected chi connectivity index (χ3v) is 3.08. The first kappa shape index (κ1) is 8.60. The number of aryl methyl sites for hydroxylation is 3. The van der Waals surface area contributed by atoms with Crippen LogP contribution in [0, 0.1) is 20.8 Å². The van der Waals surface area contributed by atoms with Crippen molar-refractivity contribution in [3.05, 3.63) is 35.2 Å². The normalized spacial score (nSPS) is 11.7. The maximum Gasteiger partial charge on any atom is 0.135 e. The third kappa shape index (κ3) is 1.05. The third-order valence-electron chi connectivity index (χ3n) is 3.08. The van der Waals surface area contributed by atoms with Gasteiger partial charge in [0, 0.05) is 22.0 Å². The summed E-state index contributed by atoms with van der Waals surface area (Å²) in [7, 11) is 0. The van der Waals surface area contributed by atoms with E-state index in [-0.39, 0.29) is 0 Å². The maximum atomic E-state index is 5.63. The molecule has 2 heterocycles. The van der Waals surface area contributed by atoms with Crippen LogP contribution in [0.1, 0.15) is 17.0 Å². The van der Waals surface area contributed by atoms with Crippen molar-refractivity contribution in [1.29, 1.82) is 0 Å². The van der Waals surface area contributed by atoms with Crippen molar-refractivity contribution in [1.82, 2.24) is 4.98 Å². The summed E-state index contributed by atoms with van der Waals surface area (Å²) in [6.07, 6.45) is 0. The summed E-state index contributed by atoms with van der Waals surface area (Å²) in [5.41, 5.74) is 4.72. The molecular weight excluding hydrogens is 186 g/mol. The van der Waals surface area contributed by atoms with Gasteiger partial charge in [0.2, 0.25) is 0 Å². The molecule has 0 amide bonds. The van der Waals surface area contributed by atoms with E-state index in [1.165, 1.54) is 27.5 Å². The van der Waals surface area contributed by atoms with Crippen LogP contribution in [0.25, 0.3) is 21.9 Å². The van der Waals surface area contributed by atoms with E-state index in [0.29, 0.717) is 0 Å². The van der Waals surface area contributed by atoms with E-state index in [2.05, 4.69) is 31.0 Å². The summed E-state index contributed by atoms with van der Waals surface area (Å²) in [5, 5.41) is 2.51. The van der Waals surface area contributed by atoms with Gasteiger partial charge in [-0.15, -0.1) is 0 Å². The van der Waals surface area contributed by atoms with Crippen LogP contribution in [0.15, 0.2) is 22.6 Å². The van der Waals surface area contributed by atoms with Gasteiger partial charge in [0.1, 0.15) is 11.3 Å². The second-order valence-electron chi connectivity index (χ2n) is 4.13. The molecule has 0 fully saturated rings. The lowest BCUT2D eigenvalue weighted by Crippen LogP contribution is -1.72. The molecule has 1 N–H and O–H groups in total. The van der Waals surface area contributed by atoms with Crippen molar-refractivity contribution in [2.75, 3.05) is 0 Å². The Balaban J connectivity index is 2.62. The zero-order chi connectivity index (χ0) is 10.6. The van der Waals surface area contributed by atoms with Gasteiger partial charge in [-0.05, 0) is 44.5 Å². The molecule has 3 aromatic rings. The predicted molar refractivity (Wildman–Crippen MR) is 62.3 cm³/mol. The number of rotatable bonds is 0. The minimum absolute atomic E-state index is 0.968.